The van der Waals surface area contributed by atoms with Gasteiger partial charge in [0.05, 0.1) is 13.2 Å². The molecule has 0 aliphatic rings. The fourth-order valence-electron chi connectivity index (χ4n) is 3.56. The average molecular weight is 385 g/mol. The number of phenols is 1. The Morgan fingerprint density at radius 1 is 0.966 bits per heavy atom. The monoisotopic (exact) mass is 385 g/mol. The summed E-state index contributed by atoms with van der Waals surface area (Å²) in [5, 5.41) is 15.4. The normalized spacial score (nSPS) is 12.0. The molecular formula is C24H23N3O2. The molecule has 2 heterocycles. The highest BCUT2D eigenvalue weighted by atomic mass is 16.5. The van der Waals surface area contributed by atoms with Crippen LogP contribution in [0.2, 0.25) is 0 Å². The predicted octanol–water partition coefficient (Wildman–Crippen LogP) is 5.16. The number of aromatic hydroxyl groups is 1. The molecule has 4 rings (SSSR count). The van der Waals surface area contributed by atoms with Crippen LogP contribution in [0.3, 0.4) is 0 Å². The summed E-state index contributed by atoms with van der Waals surface area (Å²) in [6.07, 6.45) is 3.46. The summed E-state index contributed by atoms with van der Waals surface area (Å²) in [6.45, 7) is 4.03. The number of phenolic OH excluding ortho intramolecular Hbond substituents is 1. The van der Waals surface area contributed by atoms with E-state index in [1.165, 1.54) is 0 Å². The number of benzene rings is 2. The number of rotatable bonds is 5. The Balaban J connectivity index is 1.86. The highest BCUT2D eigenvalue weighted by Crippen LogP contribution is 2.37. The minimum absolute atomic E-state index is 0.168. The van der Waals surface area contributed by atoms with Gasteiger partial charge < -0.3 is 15.2 Å². The summed E-state index contributed by atoms with van der Waals surface area (Å²) in [5.74, 6) is 1.73. The van der Waals surface area contributed by atoms with Crippen LogP contribution in [-0.2, 0) is 0 Å². The van der Waals surface area contributed by atoms with E-state index in [0.717, 1.165) is 39.2 Å². The van der Waals surface area contributed by atoms with Gasteiger partial charge in [-0.2, -0.15) is 0 Å². The molecule has 2 N–H and O–H groups in total. The van der Waals surface area contributed by atoms with Crippen molar-refractivity contribution in [3.05, 3.63) is 89.2 Å². The zero-order valence-electron chi connectivity index (χ0n) is 16.7. The van der Waals surface area contributed by atoms with Gasteiger partial charge in [0.2, 0.25) is 0 Å². The van der Waals surface area contributed by atoms with Crippen LogP contribution in [0.15, 0.2) is 67.0 Å². The van der Waals surface area contributed by atoms with Gasteiger partial charge in [-0.25, -0.2) is 4.98 Å². The van der Waals surface area contributed by atoms with Crippen LogP contribution in [-0.4, -0.2) is 22.2 Å². The van der Waals surface area contributed by atoms with Crippen LogP contribution in [0.1, 0.15) is 28.3 Å². The number of hydrogen-bond donors (Lipinski definition) is 2. The fraction of sp³-hybridized carbons (Fsp3) is 0.167. The number of hydrogen-bond acceptors (Lipinski definition) is 5. The second-order valence-corrected chi connectivity index (χ2v) is 7.10. The molecule has 0 radical (unpaired) electrons. The van der Waals surface area contributed by atoms with E-state index in [4.69, 9.17) is 4.74 Å². The maximum Gasteiger partial charge on any atom is 0.147 e. The van der Waals surface area contributed by atoms with E-state index in [-0.39, 0.29) is 11.8 Å². The van der Waals surface area contributed by atoms with Crippen molar-refractivity contribution in [2.24, 2.45) is 0 Å². The topological polar surface area (TPSA) is 67.3 Å². The highest BCUT2D eigenvalue weighted by molar-refractivity contribution is 5.86. The van der Waals surface area contributed by atoms with Crippen molar-refractivity contribution >= 4 is 16.7 Å². The summed E-state index contributed by atoms with van der Waals surface area (Å²) in [6, 6.07) is 17.4. The minimum Gasteiger partial charge on any atom is -0.505 e. The second kappa shape index (κ2) is 7.80. The first-order chi connectivity index (χ1) is 14.1. The van der Waals surface area contributed by atoms with E-state index in [0.29, 0.717) is 5.52 Å². The van der Waals surface area contributed by atoms with Crippen molar-refractivity contribution in [1.82, 2.24) is 9.97 Å². The average Bonchev–Trinajstić information content (AvgIpc) is 2.73. The lowest BCUT2D eigenvalue weighted by atomic mass is 9.95. The Hall–Kier alpha value is -3.60. The smallest absolute Gasteiger partial charge is 0.147 e. The Morgan fingerprint density at radius 3 is 2.59 bits per heavy atom. The molecule has 0 aliphatic heterocycles. The van der Waals surface area contributed by atoms with E-state index in [1.807, 2.05) is 62.4 Å². The molecule has 0 aliphatic carbocycles. The first-order valence-electron chi connectivity index (χ1n) is 9.47. The molecular weight excluding hydrogens is 362 g/mol. The van der Waals surface area contributed by atoms with Gasteiger partial charge in [0, 0.05) is 23.3 Å². The van der Waals surface area contributed by atoms with Gasteiger partial charge in [0.25, 0.3) is 0 Å². The van der Waals surface area contributed by atoms with Gasteiger partial charge >= 0.3 is 0 Å². The molecule has 0 spiro atoms. The number of nitrogens with zero attached hydrogens (tertiary/aromatic N) is 2. The molecule has 4 aromatic rings. The molecule has 29 heavy (non-hydrogen) atoms. The van der Waals surface area contributed by atoms with Crippen LogP contribution < -0.4 is 10.1 Å². The number of aryl methyl sites for hydroxylation is 2. The summed E-state index contributed by atoms with van der Waals surface area (Å²) in [5.41, 5.74) is 4.45. The number of methoxy groups -OCH3 is 1. The maximum absolute atomic E-state index is 11.0. The molecule has 2 aromatic heterocycles. The lowest BCUT2D eigenvalue weighted by Crippen LogP contribution is -2.14. The van der Waals surface area contributed by atoms with Crippen molar-refractivity contribution in [3.8, 4) is 11.5 Å². The summed E-state index contributed by atoms with van der Waals surface area (Å²) >= 11 is 0. The van der Waals surface area contributed by atoms with Gasteiger partial charge in [-0.3, -0.25) is 4.98 Å². The number of anilines is 1. The van der Waals surface area contributed by atoms with Crippen LogP contribution >= 0.6 is 0 Å². The highest BCUT2D eigenvalue weighted by Gasteiger charge is 2.21. The molecule has 1 atom stereocenters. The maximum atomic E-state index is 11.0. The zero-order valence-corrected chi connectivity index (χ0v) is 16.7. The van der Waals surface area contributed by atoms with Gasteiger partial charge in [-0.15, -0.1) is 0 Å². The number of fused-ring (bicyclic) bond motifs is 1. The third kappa shape index (κ3) is 3.72. The van der Waals surface area contributed by atoms with E-state index in [9.17, 15) is 5.11 Å². The molecule has 0 bridgehead atoms. The van der Waals surface area contributed by atoms with Crippen LogP contribution in [0.5, 0.6) is 11.5 Å². The molecule has 146 valence electrons. The van der Waals surface area contributed by atoms with E-state index in [2.05, 4.69) is 21.4 Å². The lowest BCUT2D eigenvalue weighted by molar-refractivity contribution is 0.411. The Labute approximate surface area is 170 Å². The predicted molar refractivity (Wildman–Crippen MR) is 116 cm³/mol. The number of ether oxygens (including phenoxy) is 1. The van der Waals surface area contributed by atoms with Crippen molar-refractivity contribution < 1.29 is 9.84 Å². The number of pyridine rings is 2. The largest absolute Gasteiger partial charge is 0.505 e. The molecule has 0 unspecified atom stereocenters. The standard InChI is InChI=1S/C24H23N3O2/c1-15-10-12-25-21(13-15)27-22(18-7-9-20(29-3)16(2)14-18)19-8-6-17-5-4-11-26-23(17)24(19)28/h4-14,22,28H,1-3H3,(H,25,27)/t22-/m1/s1. The van der Waals surface area contributed by atoms with Gasteiger partial charge in [0.1, 0.15) is 22.8 Å². The first kappa shape index (κ1) is 18.7. The second-order valence-electron chi connectivity index (χ2n) is 7.10. The molecule has 0 saturated carbocycles. The van der Waals surface area contributed by atoms with Gasteiger partial charge in [-0.05, 0) is 60.9 Å². The van der Waals surface area contributed by atoms with Gasteiger partial charge in [0.15, 0.2) is 0 Å². The minimum atomic E-state index is -0.305. The van der Waals surface area contributed by atoms with Crippen molar-refractivity contribution in [1.29, 1.82) is 0 Å². The van der Waals surface area contributed by atoms with E-state index < -0.39 is 0 Å². The van der Waals surface area contributed by atoms with Crippen LogP contribution in [0.25, 0.3) is 10.9 Å². The molecule has 5 heteroatoms. The van der Waals surface area contributed by atoms with Crippen LogP contribution in [0, 0.1) is 13.8 Å². The lowest BCUT2D eigenvalue weighted by Gasteiger charge is -2.23. The Morgan fingerprint density at radius 2 is 1.83 bits per heavy atom. The quantitative estimate of drug-likeness (QED) is 0.496. The Kier molecular flexibility index (Phi) is 5.04. The van der Waals surface area contributed by atoms with Crippen molar-refractivity contribution in [3.63, 3.8) is 0 Å². The van der Waals surface area contributed by atoms with Gasteiger partial charge in [-0.1, -0.05) is 24.3 Å². The third-order valence-corrected chi connectivity index (χ3v) is 5.05. The number of nitrogens with one attached hydrogen (secondary N) is 1. The summed E-state index contributed by atoms with van der Waals surface area (Å²) < 4.78 is 5.41. The van der Waals surface area contributed by atoms with Crippen molar-refractivity contribution in [2.75, 3.05) is 12.4 Å². The summed E-state index contributed by atoms with van der Waals surface area (Å²) in [7, 11) is 1.66. The van der Waals surface area contributed by atoms with E-state index in [1.54, 1.807) is 19.5 Å². The number of aromatic nitrogens is 2. The first-order valence-corrected chi connectivity index (χ1v) is 9.47. The SMILES string of the molecule is COc1ccc([C@@H](Nc2cc(C)ccn2)c2ccc3cccnc3c2O)cc1C. The Bertz CT molecular complexity index is 1170. The van der Waals surface area contributed by atoms with Crippen molar-refractivity contribution in [2.45, 2.75) is 19.9 Å². The molecule has 0 saturated heterocycles. The third-order valence-electron chi connectivity index (χ3n) is 5.05. The zero-order chi connectivity index (χ0) is 20.4. The molecule has 2 aromatic carbocycles. The summed E-state index contributed by atoms with van der Waals surface area (Å²) in [4.78, 5) is 8.82. The van der Waals surface area contributed by atoms with Crippen LogP contribution in [0.4, 0.5) is 5.82 Å². The molecule has 5 nitrogen and oxygen atoms in total. The molecule has 0 amide bonds. The van der Waals surface area contributed by atoms with E-state index >= 15 is 0 Å². The fourth-order valence-corrected chi connectivity index (χ4v) is 3.56. The molecule has 0 fully saturated rings.